The van der Waals surface area contributed by atoms with Crippen LogP contribution in [0.4, 0.5) is 8.78 Å². The van der Waals surface area contributed by atoms with E-state index in [4.69, 9.17) is 11.6 Å². The molecule has 1 aromatic carbocycles. The molecule has 19 heavy (non-hydrogen) atoms. The topological polar surface area (TPSA) is 12.5 Å². The molecule has 1 heterocycles. The Balaban J connectivity index is 2.51. The van der Waals surface area contributed by atoms with E-state index < -0.39 is 6.61 Å². The van der Waals surface area contributed by atoms with Gasteiger partial charge in [0, 0.05) is 5.56 Å². The van der Waals surface area contributed by atoms with Crippen molar-refractivity contribution in [2.24, 2.45) is 0 Å². The fourth-order valence-corrected chi connectivity index (χ4v) is 2.11. The molecule has 2 rings (SSSR count). The highest BCUT2D eigenvalue weighted by molar-refractivity contribution is 6.32. The minimum atomic E-state index is -2.95. The Labute approximate surface area is 115 Å². The molecule has 0 N–H and O–H groups in total. The van der Waals surface area contributed by atoms with E-state index in [0.717, 1.165) is 16.2 Å². The van der Waals surface area contributed by atoms with Gasteiger partial charge in [0.2, 0.25) is 0 Å². The molecule has 0 atom stereocenters. The third-order valence-electron chi connectivity index (χ3n) is 2.67. The average Bonchev–Trinajstić information content (AvgIpc) is 2.36. The third-order valence-corrected chi connectivity index (χ3v) is 3.00. The van der Waals surface area contributed by atoms with Crippen LogP contribution in [0.15, 0.2) is 59.3 Å². The van der Waals surface area contributed by atoms with Gasteiger partial charge in [-0.25, -0.2) is 5.06 Å². The van der Waals surface area contributed by atoms with Gasteiger partial charge in [-0.3, -0.25) is 0 Å². The van der Waals surface area contributed by atoms with Gasteiger partial charge < -0.3 is 0 Å². The summed E-state index contributed by atoms with van der Waals surface area (Å²) in [7, 11) is 0. The van der Waals surface area contributed by atoms with Crippen LogP contribution < -0.4 is 0 Å². The van der Waals surface area contributed by atoms with Gasteiger partial charge in [0.25, 0.3) is 0 Å². The predicted octanol–water partition coefficient (Wildman–Crippen LogP) is 4.52. The predicted molar refractivity (Wildman–Crippen MR) is 71.0 cm³/mol. The highest BCUT2D eigenvalue weighted by atomic mass is 35.5. The van der Waals surface area contributed by atoms with Crippen LogP contribution in [0.2, 0.25) is 0 Å². The molecule has 0 radical (unpaired) electrons. The molecule has 0 fully saturated rings. The van der Waals surface area contributed by atoms with Crippen molar-refractivity contribution in [3.8, 4) is 0 Å². The van der Waals surface area contributed by atoms with E-state index in [9.17, 15) is 8.78 Å². The Morgan fingerprint density at radius 3 is 2.47 bits per heavy atom. The number of hydrogen-bond acceptors (Lipinski definition) is 2. The summed E-state index contributed by atoms with van der Waals surface area (Å²) in [5, 5.41) is 1.26. The summed E-state index contributed by atoms with van der Waals surface area (Å²) in [5.74, 6) is 0. The molecule has 0 unspecified atom stereocenters. The smallest absolute Gasteiger partial charge is 0.215 e. The summed E-state index contributed by atoms with van der Waals surface area (Å²) in [6.07, 6.45) is 1.68. The second-order valence-electron chi connectivity index (χ2n) is 4.00. The molecule has 2 nitrogen and oxygen atoms in total. The summed E-state index contributed by atoms with van der Waals surface area (Å²) in [6, 6.07) is 9.10. The second kappa shape index (κ2) is 5.55. The van der Waals surface area contributed by atoms with Crippen LogP contribution in [0.3, 0.4) is 0 Å². The zero-order chi connectivity index (χ0) is 14.0. The lowest BCUT2D eigenvalue weighted by Crippen LogP contribution is -2.27. The Morgan fingerprint density at radius 1 is 1.26 bits per heavy atom. The van der Waals surface area contributed by atoms with E-state index in [2.05, 4.69) is 11.4 Å². The number of hydrogen-bond donors (Lipinski definition) is 0. The van der Waals surface area contributed by atoms with E-state index in [1.807, 2.05) is 18.2 Å². The van der Waals surface area contributed by atoms with Crippen molar-refractivity contribution < 1.29 is 13.6 Å². The summed E-state index contributed by atoms with van der Waals surface area (Å²) < 4.78 is 25.1. The Morgan fingerprint density at radius 2 is 1.89 bits per heavy atom. The molecule has 0 saturated carbocycles. The van der Waals surface area contributed by atoms with Crippen LogP contribution in [0.1, 0.15) is 12.5 Å². The van der Waals surface area contributed by atoms with Crippen molar-refractivity contribution in [2.45, 2.75) is 13.5 Å². The van der Waals surface area contributed by atoms with E-state index in [1.165, 1.54) is 0 Å². The van der Waals surface area contributed by atoms with Gasteiger partial charge in [0.05, 0.1) is 16.4 Å². The molecule has 0 amide bonds. The first kappa shape index (κ1) is 13.8. The van der Waals surface area contributed by atoms with Gasteiger partial charge in [0.1, 0.15) is 0 Å². The number of nitrogens with zero attached hydrogens (tertiary/aromatic N) is 1. The van der Waals surface area contributed by atoms with E-state index in [-0.39, 0.29) is 10.7 Å². The average molecular weight is 284 g/mol. The lowest BCUT2D eigenvalue weighted by molar-refractivity contribution is -0.239. The van der Waals surface area contributed by atoms with Crippen LogP contribution in [0, 0.1) is 0 Å². The lowest BCUT2D eigenvalue weighted by atomic mass is 10.0. The fourth-order valence-electron chi connectivity index (χ4n) is 1.87. The monoisotopic (exact) mass is 283 g/mol. The van der Waals surface area contributed by atoms with Gasteiger partial charge in [0.15, 0.2) is 0 Å². The molecule has 5 heteroatoms. The maximum atomic E-state index is 12.5. The van der Waals surface area contributed by atoms with Crippen molar-refractivity contribution in [3.63, 3.8) is 0 Å². The van der Waals surface area contributed by atoms with Crippen LogP contribution >= 0.6 is 11.6 Å². The zero-order valence-electron chi connectivity index (χ0n) is 10.2. The SMILES string of the molecule is C=C1C(Cl)=CC(C)=C(c2ccccc2)N1OC(F)F. The van der Waals surface area contributed by atoms with Gasteiger partial charge in [-0.1, -0.05) is 48.5 Å². The van der Waals surface area contributed by atoms with Crippen LogP contribution in [-0.4, -0.2) is 11.7 Å². The normalized spacial score (nSPS) is 16.2. The Hall–Kier alpha value is -1.65. The quantitative estimate of drug-likeness (QED) is 0.808. The van der Waals surface area contributed by atoms with Gasteiger partial charge in [-0.15, -0.1) is 0 Å². The number of benzene rings is 1. The lowest BCUT2D eigenvalue weighted by Gasteiger charge is -2.31. The number of halogens is 3. The second-order valence-corrected chi connectivity index (χ2v) is 4.40. The van der Waals surface area contributed by atoms with E-state index in [0.29, 0.717) is 5.70 Å². The van der Waals surface area contributed by atoms with Crippen molar-refractivity contribution in [2.75, 3.05) is 0 Å². The summed E-state index contributed by atoms with van der Waals surface area (Å²) in [4.78, 5) is 4.53. The summed E-state index contributed by atoms with van der Waals surface area (Å²) in [5.41, 5.74) is 2.17. The summed E-state index contributed by atoms with van der Waals surface area (Å²) >= 11 is 5.95. The molecule has 100 valence electrons. The number of rotatable bonds is 3. The van der Waals surface area contributed by atoms with Gasteiger partial charge >= 0.3 is 6.61 Å². The standard InChI is InChI=1S/C14H12ClF2NO/c1-9-8-12(15)10(2)18(19-14(16)17)13(9)11-6-4-3-5-7-11/h3-8,14H,2H2,1H3. The maximum absolute atomic E-state index is 12.5. The highest BCUT2D eigenvalue weighted by Crippen LogP contribution is 2.36. The van der Waals surface area contributed by atoms with Crippen LogP contribution in [-0.2, 0) is 4.84 Å². The van der Waals surface area contributed by atoms with Crippen molar-refractivity contribution in [3.05, 3.63) is 64.9 Å². The first-order chi connectivity index (χ1) is 9.00. The highest BCUT2D eigenvalue weighted by Gasteiger charge is 2.26. The Bertz CT molecular complexity index is 552. The minimum absolute atomic E-state index is 0.186. The van der Waals surface area contributed by atoms with Crippen molar-refractivity contribution in [1.29, 1.82) is 0 Å². The van der Waals surface area contributed by atoms with Gasteiger partial charge in [-0.05, 0) is 18.6 Å². The number of hydroxylamine groups is 2. The minimum Gasteiger partial charge on any atom is -0.215 e. The van der Waals surface area contributed by atoms with Gasteiger partial charge in [-0.2, -0.15) is 13.6 Å². The molecule has 0 spiro atoms. The van der Waals surface area contributed by atoms with E-state index >= 15 is 0 Å². The molecule has 1 aromatic rings. The molecule has 0 aliphatic carbocycles. The van der Waals surface area contributed by atoms with Crippen molar-refractivity contribution >= 4 is 17.3 Å². The fraction of sp³-hybridized carbons (Fsp3) is 0.143. The number of allylic oxidation sites excluding steroid dienone is 3. The molecule has 0 saturated heterocycles. The Kier molecular flexibility index (Phi) is 4.02. The third kappa shape index (κ3) is 2.85. The molecule has 1 aliphatic rings. The number of alkyl halides is 2. The molecular weight excluding hydrogens is 272 g/mol. The maximum Gasteiger partial charge on any atom is 0.365 e. The molecule has 0 bridgehead atoms. The first-order valence-corrected chi connectivity index (χ1v) is 5.96. The zero-order valence-corrected chi connectivity index (χ0v) is 11.0. The van der Waals surface area contributed by atoms with Crippen molar-refractivity contribution in [1.82, 2.24) is 5.06 Å². The molecule has 1 aliphatic heterocycles. The van der Waals surface area contributed by atoms with Crippen LogP contribution in [0.25, 0.3) is 5.70 Å². The molecule has 0 aromatic heterocycles. The molecular formula is C14H12ClF2NO. The largest absolute Gasteiger partial charge is 0.365 e. The van der Waals surface area contributed by atoms with E-state index in [1.54, 1.807) is 25.1 Å². The van der Waals surface area contributed by atoms with Crippen LogP contribution in [0.5, 0.6) is 0 Å². The first-order valence-electron chi connectivity index (χ1n) is 5.58. The summed E-state index contributed by atoms with van der Waals surface area (Å²) in [6.45, 7) is 2.50.